The first-order valence-corrected chi connectivity index (χ1v) is 5.70. The van der Waals surface area contributed by atoms with Crippen LogP contribution < -0.4 is 5.32 Å². The van der Waals surface area contributed by atoms with Crippen molar-refractivity contribution in [1.82, 2.24) is 25.1 Å². The van der Waals surface area contributed by atoms with E-state index in [2.05, 4.69) is 34.2 Å². The maximum atomic E-state index is 4.48. The Morgan fingerprint density at radius 2 is 2.18 bits per heavy atom. The molecule has 1 N–H and O–H groups in total. The highest BCUT2D eigenvalue weighted by molar-refractivity contribution is 5.47. The van der Waals surface area contributed by atoms with Gasteiger partial charge in [0.25, 0.3) is 0 Å². The van der Waals surface area contributed by atoms with Gasteiger partial charge in [0.2, 0.25) is 0 Å². The zero-order valence-corrected chi connectivity index (χ0v) is 10.4. The van der Waals surface area contributed by atoms with E-state index in [0.29, 0.717) is 11.9 Å². The van der Waals surface area contributed by atoms with E-state index in [1.807, 2.05) is 25.4 Å². The third-order valence-corrected chi connectivity index (χ3v) is 2.35. The first kappa shape index (κ1) is 11.7. The average Bonchev–Trinajstić information content (AvgIpc) is 2.74. The van der Waals surface area contributed by atoms with Crippen LogP contribution in [0.5, 0.6) is 0 Å². The van der Waals surface area contributed by atoms with Crippen molar-refractivity contribution in [3.05, 3.63) is 30.2 Å². The van der Waals surface area contributed by atoms with Gasteiger partial charge in [-0.3, -0.25) is 4.68 Å². The second kappa shape index (κ2) is 5.05. The molecule has 0 aliphatic heterocycles. The molecule has 0 aromatic carbocycles. The molecule has 2 rings (SSSR count). The second-order valence-corrected chi connectivity index (χ2v) is 4.28. The zero-order chi connectivity index (χ0) is 12.3. The third kappa shape index (κ3) is 3.10. The van der Waals surface area contributed by atoms with E-state index < -0.39 is 0 Å². The Morgan fingerprint density at radius 1 is 1.35 bits per heavy atom. The van der Waals surface area contributed by atoms with E-state index in [1.165, 1.54) is 0 Å². The van der Waals surface area contributed by atoms with Crippen molar-refractivity contribution in [2.75, 3.05) is 0 Å². The maximum Gasteiger partial charge on any atom is 0.180 e. The lowest BCUT2D eigenvalue weighted by Gasteiger charge is -2.07. The highest BCUT2D eigenvalue weighted by atomic mass is 15.3. The number of aromatic nitrogens is 4. The monoisotopic (exact) mass is 231 g/mol. The molecule has 0 spiro atoms. The molecule has 0 unspecified atom stereocenters. The lowest BCUT2D eigenvalue weighted by molar-refractivity contribution is 0.581. The van der Waals surface area contributed by atoms with Crippen LogP contribution in [-0.2, 0) is 13.6 Å². The Hall–Kier alpha value is -1.75. The fourth-order valence-electron chi connectivity index (χ4n) is 1.46. The molecule has 0 saturated heterocycles. The number of rotatable bonds is 4. The van der Waals surface area contributed by atoms with Crippen LogP contribution in [0.2, 0.25) is 0 Å². The van der Waals surface area contributed by atoms with Crippen LogP contribution in [0.25, 0.3) is 11.5 Å². The summed E-state index contributed by atoms with van der Waals surface area (Å²) in [6.07, 6.45) is 3.66. The molecule has 0 amide bonds. The number of nitrogens with zero attached hydrogens (tertiary/aromatic N) is 4. The first-order chi connectivity index (χ1) is 8.15. The third-order valence-electron chi connectivity index (χ3n) is 2.35. The zero-order valence-electron chi connectivity index (χ0n) is 10.4. The standard InChI is InChI=1S/C12H17N5/c1-9(2)14-8-10-4-6-13-12(15-10)11-5-7-17(3)16-11/h4-7,9,14H,8H2,1-3H3. The van der Waals surface area contributed by atoms with Crippen molar-refractivity contribution in [3.63, 3.8) is 0 Å². The van der Waals surface area contributed by atoms with Crippen molar-refractivity contribution in [3.8, 4) is 11.5 Å². The predicted molar refractivity (Wildman–Crippen MR) is 66.2 cm³/mol. The number of aryl methyl sites for hydroxylation is 1. The normalized spacial score (nSPS) is 11.1. The van der Waals surface area contributed by atoms with Gasteiger partial charge in [0.05, 0.1) is 5.69 Å². The van der Waals surface area contributed by atoms with Crippen LogP contribution in [0.3, 0.4) is 0 Å². The lowest BCUT2D eigenvalue weighted by Crippen LogP contribution is -2.22. The molecule has 2 aromatic rings. The summed E-state index contributed by atoms with van der Waals surface area (Å²) >= 11 is 0. The van der Waals surface area contributed by atoms with Gasteiger partial charge in [-0.05, 0) is 12.1 Å². The molecule has 90 valence electrons. The first-order valence-electron chi connectivity index (χ1n) is 5.70. The second-order valence-electron chi connectivity index (χ2n) is 4.28. The van der Waals surface area contributed by atoms with Crippen LogP contribution in [0.4, 0.5) is 0 Å². The topological polar surface area (TPSA) is 55.6 Å². The molecule has 17 heavy (non-hydrogen) atoms. The summed E-state index contributed by atoms with van der Waals surface area (Å²) in [5.74, 6) is 0.675. The fourth-order valence-corrected chi connectivity index (χ4v) is 1.46. The van der Waals surface area contributed by atoms with Crippen LogP contribution >= 0.6 is 0 Å². The van der Waals surface area contributed by atoms with Crippen LogP contribution in [0.15, 0.2) is 24.5 Å². The summed E-state index contributed by atoms with van der Waals surface area (Å²) in [4.78, 5) is 8.71. The molecule has 0 radical (unpaired) electrons. The highest BCUT2D eigenvalue weighted by Gasteiger charge is 2.05. The molecule has 2 aromatic heterocycles. The minimum Gasteiger partial charge on any atom is -0.309 e. The summed E-state index contributed by atoms with van der Waals surface area (Å²) in [6, 6.07) is 4.28. The minimum atomic E-state index is 0.447. The molecular formula is C12H17N5. The summed E-state index contributed by atoms with van der Waals surface area (Å²) < 4.78 is 1.75. The van der Waals surface area contributed by atoms with Gasteiger partial charge in [0, 0.05) is 32.0 Å². The van der Waals surface area contributed by atoms with Gasteiger partial charge >= 0.3 is 0 Å². The van der Waals surface area contributed by atoms with E-state index in [1.54, 1.807) is 10.9 Å². The Balaban J connectivity index is 2.16. The van der Waals surface area contributed by atoms with Gasteiger partial charge in [0.1, 0.15) is 5.69 Å². The largest absolute Gasteiger partial charge is 0.309 e. The van der Waals surface area contributed by atoms with Gasteiger partial charge in [0.15, 0.2) is 5.82 Å². The van der Waals surface area contributed by atoms with Crippen LogP contribution in [-0.4, -0.2) is 25.8 Å². The Kier molecular flexibility index (Phi) is 3.49. The summed E-state index contributed by atoms with van der Waals surface area (Å²) in [6.45, 7) is 4.97. The molecule has 5 heteroatoms. The molecule has 0 saturated carbocycles. The summed E-state index contributed by atoms with van der Waals surface area (Å²) in [7, 11) is 1.88. The van der Waals surface area contributed by atoms with Crippen LogP contribution in [0, 0.1) is 0 Å². The number of nitrogens with one attached hydrogen (secondary N) is 1. The van der Waals surface area contributed by atoms with Crippen molar-refractivity contribution in [1.29, 1.82) is 0 Å². The highest BCUT2D eigenvalue weighted by Crippen LogP contribution is 2.10. The van der Waals surface area contributed by atoms with Crippen molar-refractivity contribution in [2.45, 2.75) is 26.4 Å². The van der Waals surface area contributed by atoms with E-state index in [0.717, 1.165) is 17.9 Å². The van der Waals surface area contributed by atoms with E-state index >= 15 is 0 Å². The van der Waals surface area contributed by atoms with E-state index in [-0.39, 0.29) is 0 Å². The molecule has 0 aliphatic rings. The Labute approximate surface area is 101 Å². The molecular weight excluding hydrogens is 214 g/mol. The predicted octanol–water partition coefficient (Wildman–Crippen LogP) is 1.38. The fraction of sp³-hybridized carbons (Fsp3) is 0.417. The Morgan fingerprint density at radius 3 is 2.82 bits per heavy atom. The van der Waals surface area contributed by atoms with E-state index in [4.69, 9.17) is 0 Å². The smallest absolute Gasteiger partial charge is 0.180 e. The summed E-state index contributed by atoms with van der Waals surface area (Å²) in [5, 5.41) is 7.62. The molecule has 0 bridgehead atoms. The van der Waals surface area contributed by atoms with Gasteiger partial charge in [-0.15, -0.1) is 0 Å². The maximum absolute atomic E-state index is 4.48. The average molecular weight is 231 g/mol. The molecule has 0 fully saturated rings. The molecule has 5 nitrogen and oxygen atoms in total. The van der Waals surface area contributed by atoms with E-state index in [9.17, 15) is 0 Å². The number of hydrogen-bond donors (Lipinski definition) is 1. The van der Waals surface area contributed by atoms with Gasteiger partial charge in [-0.2, -0.15) is 5.10 Å². The lowest BCUT2D eigenvalue weighted by atomic mass is 10.3. The Bertz CT molecular complexity index is 489. The van der Waals surface area contributed by atoms with Crippen LogP contribution in [0.1, 0.15) is 19.5 Å². The SMILES string of the molecule is CC(C)NCc1ccnc(-c2ccn(C)n2)n1. The van der Waals surface area contributed by atoms with Crippen molar-refractivity contribution < 1.29 is 0 Å². The number of hydrogen-bond acceptors (Lipinski definition) is 4. The summed E-state index contributed by atoms with van der Waals surface area (Å²) in [5.41, 5.74) is 1.79. The molecule has 2 heterocycles. The minimum absolute atomic E-state index is 0.447. The van der Waals surface area contributed by atoms with Gasteiger partial charge < -0.3 is 5.32 Å². The molecule has 0 atom stereocenters. The van der Waals surface area contributed by atoms with Crippen molar-refractivity contribution >= 4 is 0 Å². The molecule has 0 aliphatic carbocycles. The van der Waals surface area contributed by atoms with Gasteiger partial charge in [-0.1, -0.05) is 13.8 Å². The quantitative estimate of drug-likeness (QED) is 0.863. The van der Waals surface area contributed by atoms with Crippen molar-refractivity contribution in [2.24, 2.45) is 7.05 Å². The van der Waals surface area contributed by atoms with Gasteiger partial charge in [-0.25, -0.2) is 9.97 Å².